The molecule has 2 aromatic rings. The molecule has 0 unspecified atom stereocenters. The van der Waals surface area contributed by atoms with Gasteiger partial charge in [0.25, 0.3) is 0 Å². The first-order valence-corrected chi connectivity index (χ1v) is 7.69. The molecule has 0 aliphatic heterocycles. The highest BCUT2D eigenvalue weighted by Crippen LogP contribution is 2.29. The van der Waals surface area contributed by atoms with Gasteiger partial charge in [-0.05, 0) is 47.4 Å². The van der Waals surface area contributed by atoms with Crippen LogP contribution >= 0.6 is 27.3 Å². The van der Waals surface area contributed by atoms with Gasteiger partial charge in [0, 0.05) is 6.42 Å². The highest BCUT2D eigenvalue weighted by molar-refractivity contribution is 9.11. The van der Waals surface area contributed by atoms with Gasteiger partial charge in [-0.1, -0.05) is 18.0 Å². The minimum Gasteiger partial charge on any atom is -0.339 e. The molecule has 6 heteroatoms. The molecular weight excluding hydrogens is 314 g/mol. The van der Waals surface area contributed by atoms with Gasteiger partial charge in [-0.15, -0.1) is 11.3 Å². The van der Waals surface area contributed by atoms with E-state index in [1.54, 1.807) is 11.3 Å². The van der Waals surface area contributed by atoms with Gasteiger partial charge in [0.15, 0.2) is 0 Å². The van der Waals surface area contributed by atoms with Gasteiger partial charge in [0.1, 0.15) is 0 Å². The van der Waals surface area contributed by atoms with Gasteiger partial charge >= 0.3 is 0 Å². The Hall–Kier alpha value is -0.720. The number of halogens is 1. The zero-order valence-corrected chi connectivity index (χ0v) is 12.5. The van der Waals surface area contributed by atoms with E-state index in [-0.39, 0.29) is 0 Å². The molecule has 2 heterocycles. The molecule has 2 rings (SSSR count). The first-order valence-electron chi connectivity index (χ1n) is 6.08. The minimum atomic E-state index is 0.683. The third kappa shape index (κ3) is 3.90. The molecule has 98 valence electrons. The molecule has 0 aromatic carbocycles. The Balaban J connectivity index is 1.83. The average molecular weight is 330 g/mol. The number of hydrogen-bond donors (Lipinski definition) is 1. The molecule has 0 fully saturated rings. The highest BCUT2D eigenvalue weighted by atomic mass is 79.9. The van der Waals surface area contributed by atoms with E-state index in [0.29, 0.717) is 5.82 Å². The second-order valence-corrected chi connectivity index (χ2v) is 6.53. The van der Waals surface area contributed by atoms with Gasteiger partial charge < -0.3 is 10.3 Å². The van der Waals surface area contributed by atoms with Gasteiger partial charge in [-0.3, -0.25) is 0 Å². The maximum atomic E-state index is 5.45. The lowest BCUT2D eigenvalue weighted by molar-refractivity contribution is 0.374. The molecule has 18 heavy (non-hydrogen) atoms. The Labute approximate surface area is 119 Å². The Bertz CT molecular complexity index is 483. The van der Waals surface area contributed by atoms with Crippen molar-refractivity contribution in [3.63, 3.8) is 0 Å². The second-order valence-electron chi connectivity index (χ2n) is 4.07. The van der Waals surface area contributed by atoms with Crippen LogP contribution in [-0.4, -0.2) is 16.7 Å². The van der Waals surface area contributed by atoms with Crippen LogP contribution in [0.3, 0.4) is 0 Å². The van der Waals surface area contributed by atoms with Gasteiger partial charge in [-0.2, -0.15) is 4.98 Å². The lowest BCUT2D eigenvalue weighted by Gasteiger charge is -1.95. The summed E-state index contributed by atoms with van der Waals surface area (Å²) in [7, 11) is 0. The SMILES string of the molecule is NCCCCCCc1nc(-c2ccc(Br)s2)no1. The van der Waals surface area contributed by atoms with Crippen LogP contribution < -0.4 is 5.73 Å². The average Bonchev–Trinajstić information content (AvgIpc) is 2.97. The molecule has 2 aromatic heterocycles. The van der Waals surface area contributed by atoms with Crippen LogP contribution in [0.4, 0.5) is 0 Å². The van der Waals surface area contributed by atoms with Crippen LogP contribution in [0, 0.1) is 0 Å². The zero-order chi connectivity index (χ0) is 12.8. The molecule has 0 saturated carbocycles. The second kappa shape index (κ2) is 7.01. The van der Waals surface area contributed by atoms with Crippen molar-refractivity contribution in [1.29, 1.82) is 0 Å². The van der Waals surface area contributed by atoms with E-state index in [2.05, 4.69) is 26.1 Å². The molecule has 0 radical (unpaired) electrons. The van der Waals surface area contributed by atoms with Crippen LogP contribution in [-0.2, 0) is 6.42 Å². The van der Waals surface area contributed by atoms with Gasteiger partial charge in [0.2, 0.25) is 11.7 Å². The number of hydrogen-bond acceptors (Lipinski definition) is 5. The Morgan fingerprint density at radius 1 is 1.22 bits per heavy atom. The molecule has 0 saturated heterocycles. The first kappa shape index (κ1) is 13.7. The van der Waals surface area contributed by atoms with Crippen molar-refractivity contribution >= 4 is 27.3 Å². The van der Waals surface area contributed by atoms with E-state index in [1.807, 2.05) is 12.1 Å². The number of aryl methyl sites for hydroxylation is 1. The van der Waals surface area contributed by atoms with Crippen molar-refractivity contribution in [2.45, 2.75) is 32.1 Å². The summed E-state index contributed by atoms with van der Waals surface area (Å²) >= 11 is 5.03. The summed E-state index contributed by atoms with van der Waals surface area (Å²) < 4.78 is 6.32. The quantitative estimate of drug-likeness (QED) is 0.788. The third-order valence-corrected chi connectivity index (χ3v) is 4.23. The van der Waals surface area contributed by atoms with Crippen LogP contribution in [0.15, 0.2) is 20.4 Å². The van der Waals surface area contributed by atoms with E-state index in [4.69, 9.17) is 10.3 Å². The van der Waals surface area contributed by atoms with Crippen molar-refractivity contribution in [3.8, 4) is 10.7 Å². The molecular formula is C12H16BrN3OS. The lowest BCUT2D eigenvalue weighted by Crippen LogP contribution is -1.97. The van der Waals surface area contributed by atoms with Crippen molar-refractivity contribution in [1.82, 2.24) is 10.1 Å². The van der Waals surface area contributed by atoms with E-state index in [1.165, 1.54) is 12.8 Å². The summed E-state index contributed by atoms with van der Waals surface area (Å²) in [4.78, 5) is 5.43. The largest absolute Gasteiger partial charge is 0.339 e. The number of nitrogens with zero attached hydrogens (tertiary/aromatic N) is 2. The molecule has 0 aliphatic carbocycles. The fraction of sp³-hybridized carbons (Fsp3) is 0.500. The molecule has 4 nitrogen and oxygen atoms in total. The summed E-state index contributed by atoms with van der Waals surface area (Å²) in [6.07, 6.45) is 5.37. The number of rotatable bonds is 7. The van der Waals surface area contributed by atoms with Crippen molar-refractivity contribution in [2.24, 2.45) is 5.73 Å². The van der Waals surface area contributed by atoms with Crippen LogP contribution in [0.1, 0.15) is 31.6 Å². The minimum absolute atomic E-state index is 0.683. The summed E-state index contributed by atoms with van der Waals surface area (Å²) in [6.45, 7) is 0.776. The van der Waals surface area contributed by atoms with Crippen LogP contribution in [0.2, 0.25) is 0 Å². The Morgan fingerprint density at radius 2 is 2.06 bits per heavy atom. The van der Waals surface area contributed by atoms with Gasteiger partial charge in [-0.25, -0.2) is 0 Å². The Morgan fingerprint density at radius 3 is 2.78 bits per heavy atom. The topological polar surface area (TPSA) is 64.9 Å². The van der Waals surface area contributed by atoms with Crippen LogP contribution in [0.5, 0.6) is 0 Å². The number of nitrogens with two attached hydrogens (primary N) is 1. The number of aromatic nitrogens is 2. The van der Waals surface area contributed by atoms with Crippen LogP contribution in [0.25, 0.3) is 10.7 Å². The van der Waals surface area contributed by atoms with E-state index in [9.17, 15) is 0 Å². The summed E-state index contributed by atoms with van der Waals surface area (Å²) in [5.41, 5.74) is 5.45. The number of thiophene rings is 1. The predicted octanol–water partition coefficient (Wildman–Crippen LogP) is 3.62. The molecule has 0 amide bonds. The van der Waals surface area contributed by atoms with Crippen molar-refractivity contribution < 1.29 is 4.52 Å². The fourth-order valence-corrected chi connectivity index (χ4v) is 2.98. The first-order chi connectivity index (χ1) is 8.79. The molecule has 0 spiro atoms. The lowest BCUT2D eigenvalue weighted by atomic mass is 10.1. The molecule has 0 atom stereocenters. The summed E-state index contributed by atoms with van der Waals surface area (Å²) in [5.74, 6) is 1.41. The Kier molecular flexibility index (Phi) is 5.34. The maximum Gasteiger partial charge on any atom is 0.226 e. The van der Waals surface area contributed by atoms with Gasteiger partial charge in [0.05, 0.1) is 8.66 Å². The molecule has 0 bridgehead atoms. The normalized spacial score (nSPS) is 11.0. The monoisotopic (exact) mass is 329 g/mol. The van der Waals surface area contributed by atoms with E-state index in [0.717, 1.165) is 40.4 Å². The fourth-order valence-electron chi connectivity index (χ4n) is 1.67. The zero-order valence-electron chi connectivity index (χ0n) is 10.1. The highest BCUT2D eigenvalue weighted by Gasteiger charge is 2.10. The third-order valence-electron chi connectivity index (χ3n) is 2.61. The van der Waals surface area contributed by atoms with Crippen molar-refractivity contribution in [2.75, 3.05) is 6.54 Å². The standard InChI is InChI=1S/C12H16BrN3OS/c13-10-7-6-9(18-10)12-15-11(17-16-12)5-3-1-2-4-8-14/h6-7H,1-5,8,14H2. The summed E-state index contributed by atoms with van der Waals surface area (Å²) in [6, 6.07) is 3.98. The van der Waals surface area contributed by atoms with Crippen molar-refractivity contribution in [3.05, 3.63) is 21.8 Å². The summed E-state index contributed by atoms with van der Waals surface area (Å²) in [5, 5.41) is 4.00. The molecule has 2 N–H and O–H groups in total. The van der Waals surface area contributed by atoms with E-state index < -0.39 is 0 Å². The predicted molar refractivity (Wildman–Crippen MR) is 76.5 cm³/mol. The molecule has 0 aliphatic rings. The maximum absolute atomic E-state index is 5.45. The van der Waals surface area contributed by atoms with E-state index >= 15 is 0 Å². The smallest absolute Gasteiger partial charge is 0.226 e. The number of unbranched alkanes of at least 4 members (excludes halogenated alkanes) is 3.